The van der Waals surface area contributed by atoms with Crippen LogP contribution in [-0.4, -0.2) is 11.1 Å². The van der Waals surface area contributed by atoms with E-state index >= 15 is 0 Å². The molecule has 20 heavy (non-hydrogen) atoms. The van der Waals surface area contributed by atoms with Gasteiger partial charge < -0.3 is 9.84 Å². The molecule has 0 heterocycles. The number of ether oxygens (including phenoxy) is 1. The number of phenols is 1. The number of rotatable bonds is 2. The van der Waals surface area contributed by atoms with Crippen molar-refractivity contribution in [2.24, 2.45) is 0 Å². The third-order valence-corrected chi connectivity index (χ3v) is 2.40. The Balaban J connectivity index is 2.43. The van der Waals surface area contributed by atoms with E-state index in [1.54, 1.807) is 6.07 Å². The summed E-state index contributed by atoms with van der Waals surface area (Å²) in [5.41, 5.74) is -0.0450. The number of phenolic OH excluding ortho intramolecular Hbond substituents is 1. The van der Waals surface area contributed by atoms with Gasteiger partial charge in [-0.2, -0.15) is 8.78 Å². The Bertz CT molecular complexity index is 642. The second kappa shape index (κ2) is 5.20. The maximum absolute atomic E-state index is 13.4. The lowest BCUT2D eigenvalue weighted by Crippen LogP contribution is -2.11. The quantitative estimate of drug-likeness (QED) is 0.303. The maximum Gasteiger partial charge on any atom is 0.343 e. The molecule has 0 bridgehead atoms. The largest absolute Gasteiger partial charge is 0.502 e. The minimum Gasteiger partial charge on any atom is -0.502 e. The van der Waals surface area contributed by atoms with Crippen LogP contribution in [0.15, 0.2) is 30.3 Å². The normalized spacial score (nSPS) is 10.4. The highest BCUT2D eigenvalue weighted by Crippen LogP contribution is 2.36. The highest BCUT2D eigenvalue weighted by molar-refractivity contribution is 5.91. The number of benzene rings is 2. The minimum atomic E-state index is -2.19. The summed E-state index contributed by atoms with van der Waals surface area (Å²) in [6.45, 7) is 0. The first-order valence-corrected chi connectivity index (χ1v) is 5.25. The van der Waals surface area contributed by atoms with E-state index in [0.29, 0.717) is 0 Å². The highest BCUT2D eigenvalue weighted by Gasteiger charge is 2.28. The van der Waals surface area contributed by atoms with Gasteiger partial charge in [0, 0.05) is 0 Å². The van der Waals surface area contributed by atoms with Crippen LogP contribution >= 0.6 is 0 Å². The molecule has 0 radical (unpaired) electrons. The zero-order chi connectivity index (χ0) is 14.9. The van der Waals surface area contributed by atoms with Gasteiger partial charge >= 0.3 is 5.97 Å². The predicted molar refractivity (Wildman–Crippen MR) is 59.3 cm³/mol. The summed E-state index contributed by atoms with van der Waals surface area (Å²) in [4.78, 5) is 11.6. The molecule has 0 saturated heterocycles. The van der Waals surface area contributed by atoms with Crippen LogP contribution in [0.3, 0.4) is 0 Å². The number of aromatic hydroxyl groups is 1. The van der Waals surface area contributed by atoms with Gasteiger partial charge in [0.05, 0.1) is 5.56 Å². The van der Waals surface area contributed by atoms with Crippen LogP contribution in [0.4, 0.5) is 17.6 Å². The fourth-order valence-electron chi connectivity index (χ4n) is 1.42. The molecule has 0 unspecified atom stereocenters. The van der Waals surface area contributed by atoms with E-state index in [-0.39, 0.29) is 5.56 Å². The van der Waals surface area contributed by atoms with E-state index in [4.69, 9.17) is 0 Å². The van der Waals surface area contributed by atoms with E-state index in [2.05, 4.69) is 4.74 Å². The van der Waals surface area contributed by atoms with Gasteiger partial charge in [-0.15, -0.1) is 0 Å². The molecule has 104 valence electrons. The monoisotopic (exact) mass is 286 g/mol. The Morgan fingerprint density at radius 3 is 2.05 bits per heavy atom. The Kier molecular flexibility index (Phi) is 3.60. The van der Waals surface area contributed by atoms with Crippen LogP contribution in [0.5, 0.6) is 11.5 Å². The van der Waals surface area contributed by atoms with Crippen molar-refractivity contribution in [3.63, 3.8) is 0 Å². The van der Waals surface area contributed by atoms with Crippen molar-refractivity contribution in [1.29, 1.82) is 0 Å². The van der Waals surface area contributed by atoms with E-state index in [1.807, 2.05) is 0 Å². The van der Waals surface area contributed by atoms with Crippen molar-refractivity contribution in [2.75, 3.05) is 0 Å². The first-order valence-electron chi connectivity index (χ1n) is 5.25. The Hall–Kier alpha value is -2.57. The molecule has 0 saturated carbocycles. The van der Waals surface area contributed by atoms with Gasteiger partial charge in [0.25, 0.3) is 0 Å². The molecular weight excluding hydrogens is 280 g/mol. The summed E-state index contributed by atoms with van der Waals surface area (Å²) in [6, 6.07) is 7.13. The molecule has 0 fully saturated rings. The fourth-order valence-corrected chi connectivity index (χ4v) is 1.42. The smallest absolute Gasteiger partial charge is 0.343 e. The molecule has 0 spiro atoms. The van der Waals surface area contributed by atoms with Crippen molar-refractivity contribution >= 4 is 5.97 Å². The number of hydrogen-bond donors (Lipinski definition) is 1. The zero-order valence-electron chi connectivity index (χ0n) is 9.66. The van der Waals surface area contributed by atoms with E-state index < -0.39 is 40.7 Å². The Morgan fingerprint density at radius 1 is 0.900 bits per heavy atom. The molecule has 0 amide bonds. The SMILES string of the molecule is O=C(Oc1c(O)c(F)c(F)c(F)c1F)c1ccccc1. The van der Waals surface area contributed by atoms with Gasteiger partial charge in [0.15, 0.2) is 0 Å². The predicted octanol–water partition coefficient (Wildman–Crippen LogP) is 3.17. The second-order valence-electron chi connectivity index (χ2n) is 3.69. The molecule has 2 aromatic carbocycles. The van der Waals surface area contributed by atoms with Gasteiger partial charge in [-0.3, -0.25) is 0 Å². The molecule has 0 aliphatic carbocycles. The van der Waals surface area contributed by atoms with Crippen LogP contribution in [0.1, 0.15) is 10.4 Å². The molecule has 7 heteroatoms. The lowest BCUT2D eigenvalue weighted by molar-refractivity contribution is 0.0718. The number of carbonyl (C=O) groups is 1. The molecule has 2 rings (SSSR count). The summed E-state index contributed by atoms with van der Waals surface area (Å²) in [5.74, 6) is -12.6. The zero-order valence-corrected chi connectivity index (χ0v) is 9.66. The molecule has 0 atom stereocenters. The van der Waals surface area contributed by atoms with Crippen molar-refractivity contribution in [1.82, 2.24) is 0 Å². The molecule has 1 N–H and O–H groups in total. The van der Waals surface area contributed by atoms with Gasteiger partial charge in [0.2, 0.25) is 34.8 Å². The summed E-state index contributed by atoms with van der Waals surface area (Å²) < 4.78 is 56.6. The van der Waals surface area contributed by atoms with Crippen LogP contribution in [-0.2, 0) is 0 Å². The number of carbonyl (C=O) groups excluding carboxylic acids is 1. The summed E-state index contributed by atoms with van der Waals surface area (Å²) in [6.07, 6.45) is 0. The Labute approximate surface area is 110 Å². The van der Waals surface area contributed by atoms with Gasteiger partial charge in [-0.25, -0.2) is 13.6 Å². The summed E-state index contributed by atoms with van der Waals surface area (Å²) in [5, 5.41) is 9.18. The first kappa shape index (κ1) is 13.9. The highest BCUT2D eigenvalue weighted by atomic mass is 19.2. The summed E-state index contributed by atoms with van der Waals surface area (Å²) in [7, 11) is 0. The van der Waals surface area contributed by atoms with Crippen molar-refractivity contribution in [3.05, 3.63) is 59.2 Å². The van der Waals surface area contributed by atoms with Gasteiger partial charge in [-0.05, 0) is 12.1 Å². The number of hydrogen-bond acceptors (Lipinski definition) is 3. The molecule has 3 nitrogen and oxygen atoms in total. The minimum absolute atomic E-state index is 0.0450. The fraction of sp³-hybridized carbons (Fsp3) is 0. The lowest BCUT2D eigenvalue weighted by Gasteiger charge is -2.09. The number of halogens is 4. The second-order valence-corrected chi connectivity index (χ2v) is 3.69. The maximum atomic E-state index is 13.4. The van der Waals surface area contributed by atoms with Crippen molar-refractivity contribution < 1.29 is 32.2 Å². The first-order chi connectivity index (χ1) is 9.43. The average molecular weight is 286 g/mol. The molecule has 0 aliphatic rings. The topological polar surface area (TPSA) is 46.5 Å². The molecule has 0 aliphatic heterocycles. The molecule has 2 aromatic rings. The van der Waals surface area contributed by atoms with Crippen molar-refractivity contribution in [2.45, 2.75) is 0 Å². The van der Waals surface area contributed by atoms with Crippen LogP contribution in [0, 0.1) is 23.3 Å². The lowest BCUT2D eigenvalue weighted by atomic mass is 10.2. The average Bonchev–Trinajstić information content (AvgIpc) is 2.48. The third kappa shape index (κ3) is 2.29. The van der Waals surface area contributed by atoms with E-state index in [9.17, 15) is 27.5 Å². The Morgan fingerprint density at radius 2 is 1.45 bits per heavy atom. The molecule has 0 aromatic heterocycles. The third-order valence-electron chi connectivity index (χ3n) is 2.40. The number of esters is 1. The van der Waals surface area contributed by atoms with Crippen LogP contribution in [0.2, 0.25) is 0 Å². The van der Waals surface area contributed by atoms with Crippen LogP contribution in [0.25, 0.3) is 0 Å². The van der Waals surface area contributed by atoms with E-state index in [1.165, 1.54) is 24.3 Å². The van der Waals surface area contributed by atoms with Gasteiger partial charge in [0.1, 0.15) is 0 Å². The van der Waals surface area contributed by atoms with Crippen LogP contribution < -0.4 is 4.74 Å². The standard InChI is InChI=1S/C13H6F4O3/c14-7-8(15)10(17)12(11(18)9(7)16)20-13(19)6-4-2-1-3-5-6/h1-5,18H. The molecular formula is C13H6F4O3. The summed E-state index contributed by atoms with van der Waals surface area (Å²) >= 11 is 0. The van der Waals surface area contributed by atoms with Gasteiger partial charge in [-0.1, -0.05) is 18.2 Å². The van der Waals surface area contributed by atoms with Crippen molar-refractivity contribution in [3.8, 4) is 11.5 Å². The van der Waals surface area contributed by atoms with E-state index in [0.717, 1.165) is 0 Å².